The number of carbonyl (C=O) groups is 3. The summed E-state index contributed by atoms with van der Waals surface area (Å²) in [7, 11) is -2.00. The second-order valence-corrected chi connectivity index (χ2v) is 17.3. The summed E-state index contributed by atoms with van der Waals surface area (Å²) in [6, 6.07) is 5.08. The average Bonchev–Trinajstić information content (AvgIpc) is 3.35. The van der Waals surface area contributed by atoms with E-state index in [0.29, 0.717) is 12.3 Å². The molecule has 1 amide bonds. The van der Waals surface area contributed by atoms with Crippen molar-refractivity contribution in [2.45, 2.75) is 94.9 Å². The van der Waals surface area contributed by atoms with Crippen molar-refractivity contribution in [3.05, 3.63) is 42.6 Å². The van der Waals surface area contributed by atoms with Gasteiger partial charge in [-0.3, -0.25) is 18.9 Å². The lowest BCUT2D eigenvalue weighted by atomic mass is 9.86. The third kappa shape index (κ3) is 6.93. The van der Waals surface area contributed by atoms with Gasteiger partial charge in [0.25, 0.3) is 0 Å². The fraction of sp³-hybridized carbons (Fsp3) is 0.622. The predicted molar refractivity (Wildman–Crippen MR) is 182 cm³/mol. The first-order chi connectivity index (χ1) is 22.9. The summed E-state index contributed by atoms with van der Waals surface area (Å²) < 4.78 is 31.1. The zero-order valence-electron chi connectivity index (χ0n) is 28.4. The number of aryl methyl sites for hydroxylation is 1. The van der Waals surface area contributed by atoms with Crippen LogP contribution in [0, 0.1) is 23.7 Å². The summed E-state index contributed by atoms with van der Waals surface area (Å²) in [6.07, 6.45) is 9.39. The van der Waals surface area contributed by atoms with E-state index in [4.69, 9.17) is 14.2 Å². The number of hydrogen-bond donors (Lipinski definition) is 1. The van der Waals surface area contributed by atoms with E-state index in [9.17, 15) is 23.8 Å². The Bertz CT molecular complexity index is 1620. The van der Waals surface area contributed by atoms with Gasteiger partial charge in [0.05, 0.1) is 43.8 Å². The molecule has 4 aliphatic rings. The summed E-state index contributed by atoms with van der Waals surface area (Å²) in [4.78, 5) is 58.9. The second-order valence-electron chi connectivity index (χ2n) is 14.7. The van der Waals surface area contributed by atoms with Crippen molar-refractivity contribution in [1.82, 2.24) is 9.88 Å². The molecule has 0 spiro atoms. The van der Waals surface area contributed by atoms with Crippen LogP contribution in [-0.2, 0) is 30.1 Å². The van der Waals surface area contributed by atoms with Gasteiger partial charge in [-0.05, 0) is 85.4 Å². The van der Waals surface area contributed by atoms with Crippen molar-refractivity contribution >= 4 is 35.8 Å². The molecule has 1 aromatic heterocycles. The number of rotatable bonds is 7. The van der Waals surface area contributed by atoms with Crippen LogP contribution in [0.5, 0.6) is 11.6 Å². The lowest BCUT2D eigenvalue weighted by Gasteiger charge is -2.31. The van der Waals surface area contributed by atoms with E-state index >= 15 is 0 Å². The number of carbonyl (C=O) groups excluding carboxylic acids is 3. The minimum absolute atomic E-state index is 0.0187. The highest BCUT2D eigenvalue weighted by Crippen LogP contribution is 2.71. The minimum Gasteiger partial charge on any atom is -0.496 e. The standard InChI is InChI=1S/C37H49N2O8P/c1-5-27-19-37(27,48(4,43)44)20-32(40)31-17-28-21-39(31)36(42)30(24-10-6-7-11-24)18-34(41)46-22-23(2)9-8-12-26-15-29-25(16-33(26)45-3)13-14-38-35(29)47-28/h5,13-16,23-24,27-28,30-31H,1,6-12,17-22H2,2-4H3,(H,43,44)/t23-,27?,28+,30-,31-,37?/m0/s1. The lowest BCUT2D eigenvalue weighted by molar-refractivity contribution is -0.152. The molecule has 4 bridgehead atoms. The largest absolute Gasteiger partial charge is 0.496 e. The zero-order chi connectivity index (χ0) is 34.2. The van der Waals surface area contributed by atoms with Gasteiger partial charge in [0.1, 0.15) is 11.9 Å². The molecule has 2 aliphatic heterocycles. The SMILES string of the molecule is C=CC1CC1(CC(=O)[C@@H]1C[C@@H]2CN1C(=O)[C@H](C1CCCC1)CC(=O)OC[C@@H](C)CCCc1cc3c(nccc3cc1OC)O2)P(C)(=O)O. The van der Waals surface area contributed by atoms with Gasteiger partial charge < -0.3 is 24.0 Å². The van der Waals surface area contributed by atoms with Gasteiger partial charge in [0.15, 0.2) is 5.78 Å². The molecular formula is C37H49N2O8P. The van der Waals surface area contributed by atoms with Gasteiger partial charge >= 0.3 is 5.97 Å². The highest BCUT2D eigenvalue weighted by molar-refractivity contribution is 7.59. The van der Waals surface area contributed by atoms with Gasteiger partial charge in [0.2, 0.25) is 19.2 Å². The number of nitrogens with zero attached hydrogens (tertiary/aromatic N) is 2. The fourth-order valence-corrected chi connectivity index (χ4v) is 10.1. The van der Waals surface area contributed by atoms with Gasteiger partial charge in [0, 0.05) is 31.1 Å². The Morgan fingerprint density at radius 1 is 1.23 bits per heavy atom. The molecule has 7 atom stereocenters. The van der Waals surface area contributed by atoms with Crippen molar-refractivity contribution in [1.29, 1.82) is 0 Å². The van der Waals surface area contributed by atoms with Crippen LogP contribution in [0.2, 0.25) is 0 Å². The number of esters is 1. The topological polar surface area (TPSA) is 132 Å². The number of methoxy groups -OCH3 is 1. The van der Waals surface area contributed by atoms with Crippen LogP contribution < -0.4 is 9.47 Å². The maximum Gasteiger partial charge on any atom is 0.306 e. The molecule has 1 N–H and O–H groups in total. The number of Topliss-reactive ketones (excluding diaryl/α,β-unsaturated/α-hetero) is 1. The van der Waals surface area contributed by atoms with E-state index in [2.05, 4.69) is 18.5 Å². The summed E-state index contributed by atoms with van der Waals surface area (Å²) in [6.45, 7) is 7.61. The van der Waals surface area contributed by atoms with Gasteiger partial charge in [-0.25, -0.2) is 4.98 Å². The average molecular weight is 681 g/mol. The molecule has 48 heavy (non-hydrogen) atoms. The number of amides is 1. The lowest BCUT2D eigenvalue weighted by Crippen LogP contribution is -2.46. The smallest absolute Gasteiger partial charge is 0.306 e. The number of cyclic esters (lactones) is 1. The number of aromatic nitrogens is 1. The first kappa shape index (κ1) is 34.6. The molecule has 3 unspecified atom stereocenters. The normalized spacial score (nSPS) is 31.4. The van der Waals surface area contributed by atoms with Crippen LogP contribution >= 0.6 is 7.37 Å². The molecule has 2 aliphatic carbocycles. The van der Waals surface area contributed by atoms with E-state index in [1.54, 1.807) is 24.3 Å². The van der Waals surface area contributed by atoms with Crippen LogP contribution in [0.1, 0.15) is 76.7 Å². The van der Waals surface area contributed by atoms with E-state index in [-0.39, 0.29) is 61.9 Å². The third-order valence-electron chi connectivity index (χ3n) is 11.4. The summed E-state index contributed by atoms with van der Waals surface area (Å²) in [5.74, 6) is -0.404. The highest BCUT2D eigenvalue weighted by Gasteiger charge is 2.63. The monoisotopic (exact) mass is 680 g/mol. The Labute approximate surface area is 283 Å². The maximum absolute atomic E-state index is 14.6. The first-order valence-corrected chi connectivity index (χ1v) is 19.6. The first-order valence-electron chi connectivity index (χ1n) is 17.5. The molecule has 0 radical (unpaired) electrons. The van der Waals surface area contributed by atoms with Crippen molar-refractivity contribution < 1.29 is 38.1 Å². The second kappa shape index (κ2) is 13.9. The molecule has 1 saturated heterocycles. The number of ketones is 1. The Balaban J connectivity index is 1.37. The van der Waals surface area contributed by atoms with Crippen molar-refractivity contribution in [2.75, 3.05) is 26.9 Å². The number of hydrogen-bond acceptors (Lipinski definition) is 8. The van der Waals surface area contributed by atoms with Crippen LogP contribution in [0.25, 0.3) is 10.8 Å². The number of ether oxygens (including phenoxy) is 3. The third-order valence-corrected chi connectivity index (χ3v) is 13.7. The summed E-state index contributed by atoms with van der Waals surface area (Å²) in [5, 5.41) is 0.665. The number of fused-ring (bicyclic) bond motifs is 3. The molecule has 260 valence electrons. The Morgan fingerprint density at radius 2 is 2.00 bits per heavy atom. The fourth-order valence-electron chi connectivity index (χ4n) is 8.38. The van der Waals surface area contributed by atoms with Crippen LogP contribution in [0.4, 0.5) is 0 Å². The van der Waals surface area contributed by atoms with Crippen LogP contribution in [-0.4, -0.2) is 76.7 Å². The van der Waals surface area contributed by atoms with Gasteiger partial charge in [-0.2, -0.15) is 0 Å². The highest BCUT2D eigenvalue weighted by atomic mass is 31.2. The zero-order valence-corrected chi connectivity index (χ0v) is 29.3. The van der Waals surface area contributed by atoms with E-state index in [1.165, 1.54) is 6.66 Å². The molecule has 3 fully saturated rings. The Kier molecular flexibility index (Phi) is 10.1. The Morgan fingerprint density at radius 3 is 2.69 bits per heavy atom. The molecule has 1 aromatic carbocycles. The predicted octanol–water partition coefficient (Wildman–Crippen LogP) is 6.11. The molecule has 2 saturated carbocycles. The summed E-state index contributed by atoms with van der Waals surface area (Å²) >= 11 is 0. The molecule has 10 nitrogen and oxygen atoms in total. The van der Waals surface area contributed by atoms with E-state index < -0.39 is 36.6 Å². The van der Waals surface area contributed by atoms with E-state index in [1.807, 2.05) is 18.2 Å². The molecule has 6 rings (SSSR count). The van der Waals surface area contributed by atoms with Gasteiger partial charge in [-0.1, -0.05) is 25.8 Å². The molecule has 3 heterocycles. The quantitative estimate of drug-likeness (QED) is 0.209. The van der Waals surface area contributed by atoms with Crippen molar-refractivity contribution in [2.24, 2.45) is 23.7 Å². The maximum atomic E-state index is 14.6. The minimum atomic E-state index is -3.65. The van der Waals surface area contributed by atoms with Crippen molar-refractivity contribution in [3.8, 4) is 11.6 Å². The Hall–Kier alpha value is -3.23. The van der Waals surface area contributed by atoms with E-state index in [0.717, 1.165) is 67.0 Å². The number of benzene rings is 1. The van der Waals surface area contributed by atoms with Crippen LogP contribution in [0.15, 0.2) is 37.1 Å². The molecule has 11 heteroatoms. The number of pyridine rings is 1. The summed E-state index contributed by atoms with van der Waals surface area (Å²) in [5.41, 5.74) is 1.02. The van der Waals surface area contributed by atoms with Crippen molar-refractivity contribution in [3.63, 3.8) is 0 Å². The number of allylic oxidation sites excluding steroid dienone is 1. The molecule has 2 aromatic rings. The van der Waals surface area contributed by atoms with Gasteiger partial charge in [-0.15, -0.1) is 6.58 Å². The van der Waals surface area contributed by atoms with Crippen LogP contribution in [0.3, 0.4) is 0 Å². The molecular weight excluding hydrogens is 631 g/mol.